The van der Waals surface area contributed by atoms with E-state index in [1.54, 1.807) is 14.2 Å². The predicted molar refractivity (Wildman–Crippen MR) is 95.1 cm³/mol. The van der Waals surface area contributed by atoms with Gasteiger partial charge < -0.3 is 19.1 Å². The molecule has 6 nitrogen and oxygen atoms in total. The number of methoxy groups -OCH3 is 2. The van der Waals surface area contributed by atoms with Crippen LogP contribution in [0.25, 0.3) is 0 Å². The van der Waals surface area contributed by atoms with Gasteiger partial charge in [-0.15, -0.1) is 0 Å². The Labute approximate surface area is 149 Å². The van der Waals surface area contributed by atoms with Gasteiger partial charge in [0.25, 0.3) is 0 Å². The first-order valence-corrected chi connectivity index (χ1v) is 8.97. The van der Waals surface area contributed by atoms with Gasteiger partial charge in [0.05, 0.1) is 39.5 Å². The minimum atomic E-state index is 0.116. The van der Waals surface area contributed by atoms with E-state index in [0.29, 0.717) is 24.7 Å². The molecule has 2 saturated heterocycles. The minimum absolute atomic E-state index is 0.116. The lowest BCUT2D eigenvalue weighted by atomic mass is 10.0. The van der Waals surface area contributed by atoms with Crippen molar-refractivity contribution >= 4 is 5.91 Å². The van der Waals surface area contributed by atoms with E-state index >= 15 is 0 Å². The topological polar surface area (TPSA) is 51.2 Å². The van der Waals surface area contributed by atoms with Crippen molar-refractivity contribution in [1.82, 2.24) is 9.80 Å². The Hall–Kier alpha value is -1.79. The number of nitrogens with zero attached hydrogens (tertiary/aromatic N) is 2. The van der Waals surface area contributed by atoms with Crippen molar-refractivity contribution in [2.45, 2.75) is 31.9 Å². The molecule has 6 heteroatoms. The number of morpholine rings is 1. The van der Waals surface area contributed by atoms with Crippen molar-refractivity contribution in [3.05, 3.63) is 23.8 Å². The van der Waals surface area contributed by atoms with Crippen LogP contribution in [0.1, 0.15) is 31.4 Å². The molecule has 1 aromatic carbocycles. The van der Waals surface area contributed by atoms with Crippen LogP contribution in [-0.4, -0.2) is 68.8 Å². The van der Waals surface area contributed by atoms with Gasteiger partial charge in [0.2, 0.25) is 5.91 Å². The van der Waals surface area contributed by atoms with E-state index in [2.05, 4.69) is 11.8 Å². The maximum atomic E-state index is 12.9. The molecular formula is C19H28N2O4. The van der Waals surface area contributed by atoms with E-state index in [9.17, 15) is 4.79 Å². The Balaban J connectivity index is 1.70. The minimum Gasteiger partial charge on any atom is -0.493 e. The number of amides is 1. The van der Waals surface area contributed by atoms with Crippen molar-refractivity contribution in [2.75, 3.05) is 47.0 Å². The molecule has 2 fully saturated rings. The van der Waals surface area contributed by atoms with Gasteiger partial charge in [0.1, 0.15) is 0 Å². The number of ether oxygens (including phenoxy) is 3. The van der Waals surface area contributed by atoms with Crippen LogP contribution in [0, 0.1) is 0 Å². The fourth-order valence-electron chi connectivity index (χ4n) is 3.79. The monoisotopic (exact) mass is 348 g/mol. The van der Waals surface area contributed by atoms with Gasteiger partial charge in [-0.05, 0) is 37.5 Å². The molecule has 25 heavy (non-hydrogen) atoms. The smallest absolute Gasteiger partial charge is 0.237 e. The molecule has 2 atom stereocenters. The summed E-state index contributed by atoms with van der Waals surface area (Å²) in [5.74, 6) is 1.62. The van der Waals surface area contributed by atoms with E-state index < -0.39 is 0 Å². The molecule has 0 aliphatic carbocycles. The van der Waals surface area contributed by atoms with Crippen LogP contribution in [0.2, 0.25) is 0 Å². The first-order chi connectivity index (χ1) is 12.1. The summed E-state index contributed by atoms with van der Waals surface area (Å²) >= 11 is 0. The van der Waals surface area contributed by atoms with Crippen molar-refractivity contribution < 1.29 is 19.0 Å². The van der Waals surface area contributed by atoms with Crippen LogP contribution in [-0.2, 0) is 9.53 Å². The van der Waals surface area contributed by atoms with Gasteiger partial charge in [-0.1, -0.05) is 6.07 Å². The number of benzene rings is 1. The van der Waals surface area contributed by atoms with Crippen LogP contribution >= 0.6 is 0 Å². The summed E-state index contributed by atoms with van der Waals surface area (Å²) in [6, 6.07) is 6.06. The zero-order valence-corrected chi connectivity index (χ0v) is 15.4. The summed E-state index contributed by atoms with van der Waals surface area (Å²) in [4.78, 5) is 17.1. The highest BCUT2D eigenvalue weighted by Gasteiger charge is 2.32. The van der Waals surface area contributed by atoms with Crippen molar-refractivity contribution in [2.24, 2.45) is 0 Å². The molecule has 0 bridgehead atoms. The normalized spacial score (nSPS) is 24.4. The molecule has 2 aliphatic heterocycles. The molecule has 0 saturated carbocycles. The first-order valence-electron chi connectivity index (χ1n) is 8.97. The quantitative estimate of drug-likeness (QED) is 0.816. The molecule has 138 valence electrons. The summed E-state index contributed by atoms with van der Waals surface area (Å²) in [6.45, 7) is 5.69. The maximum Gasteiger partial charge on any atom is 0.237 e. The molecule has 2 unspecified atom stereocenters. The summed E-state index contributed by atoms with van der Waals surface area (Å²) in [5.41, 5.74) is 1.11. The molecule has 2 aliphatic rings. The average Bonchev–Trinajstić information content (AvgIpc) is 3.11. The highest BCUT2D eigenvalue weighted by Crippen LogP contribution is 2.36. The first kappa shape index (κ1) is 18.0. The van der Waals surface area contributed by atoms with Gasteiger partial charge in [0, 0.05) is 19.6 Å². The molecule has 0 radical (unpaired) electrons. The zero-order valence-electron chi connectivity index (χ0n) is 15.4. The standard InChI is InChI=1S/C19H28N2O4/c1-14-12-20(9-10-25-14)13-19(22)21-8-4-5-16(21)15-6-7-17(23-2)18(11-15)24-3/h6-7,11,14,16H,4-5,8-10,12-13H2,1-3H3. The van der Waals surface area contributed by atoms with Crippen LogP contribution in [0.15, 0.2) is 18.2 Å². The Bertz CT molecular complexity index is 607. The molecule has 0 N–H and O–H groups in total. The number of rotatable bonds is 5. The fraction of sp³-hybridized carbons (Fsp3) is 0.632. The molecule has 3 rings (SSSR count). The lowest BCUT2D eigenvalue weighted by molar-refractivity contribution is -0.135. The van der Waals surface area contributed by atoms with Gasteiger partial charge in [-0.2, -0.15) is 0 Å². The lowest BCUT2D eigenvalue weighted by Crippen LogP contribution is -2.47. The number of hydrogen-bond donors (Lipinski definition) is 0. The fourth-order valence-corrected chi connectivity index (χ4v) is 3.79. The molecule has 1 aromatic rings. The lowest BCUT2D eigenvalue weighted by Gasteiger charge is -2.33. The Morgan fingerprint density at radius 3 is 2.76 bits per heavy atom. The third-order valence-electron chi connectivity index (χ3n) is 5.05. The molecular weight excluding hydrogens is 320 g/mol. The van der Waals surface area contributed by atoms with Gasteiger partial charge in [-0.3, -0.25) is 9.69 Å². The Kier molecular flexibility index (Phi) is 5.81. The third-order valence-corrected chi connectivity index (χ3v) is 5.05. The van der Waals surface area contributed by atoms with Gasteiger partial charge >= 0.3 is 0 Å². The largest absolute Gasteiger partial charge is 0.493 e. The summed E-state index contributed by atoms with van der Waals surface area (Å²) in [5, 5.41) is 0. The maximum absolute atomic E-state index is 12.9. The molecule has 0 aromatic heterocycles. The van der Waals surface area contributed by atoms with Crippen molar-refractivity contribution in [3.63, 3.8) is 0 Å². The van der Waals surface area contributed by atoms with Gasteiger partial charge in [0.15, 0.2) is 11.5 Å². The summed E-state index contributed by atoms with van der Waals surface area (Å²) < 4.78 is 16.3. The Morgan fingerprint density at radius 2 is 2.04 bits per heavy atom. The van der Waals surface area contributed by atoms with Crippen LogP contribution < -0.4 is 9.47 Å². The SMILES string of the molecule is COc1ccc(C2CCCN2C(=O)CN2CCOC(C)C2)cc1OC. The number of carbonyl (C=O) groups is 1. The highest BCUT2D eigenvalue weighted by molar-refractivity contribution is 5.79. The summed E-state index contributed by atoms with van der Waals surface area (Å²) in [7, 11) is 3.27. The van der Waals surface area contributed by atoms with E-state index in [0.717, 1.165) is 38.0 Å². The van der Waals surface area contributed by atoms with Crippen molar-refractivity contribution in [3.8, 4) is 11.5 Å². The van der Waals surface area contributed by atoms with Crippen LogP contribution in [0.4, 0.5) is 0 Å². The zero-order chi connectivity index (χ0) is 17.8. The van der Waals surface area contributed by atoms with E-state index in [-0.39, 0.29) is 18.1 Å². The second-order valence-electron chi connectivity index (χ2n) is 6.78. The Morgan fingerprint density at radius 1 is 1.24 bits per heavy atom. The third kappa shape index (κ3) is 4.07. The summed E-state index contributed by atoms with van der Waals surface area (Å²) in [6.07, 6.45) is 2.21. The number of likely N-dealkylation sites (tertiary alicyclic amines) is 1. The van der Waals surface area contributed by atoms with E-state index in [4.69, 9.17) is 14.2 Å². The molecule has 0 spiro atoms. The van der Waals surface area contributed by atoms with Crippen LogP contribution in [0.3, 0.4) is 0 Å². The van der Waals surface area contributed by atoms with E-state index in [1.165, 1.54) is 0 Å². The number of carbonyl (C=O) groups excluding carboxylic acids is 1. The van der Waals surface area contributed by atoms with Gasteiger partial charge in [-0.25, -0.2) is 0 Å². The highest BCUT2D eigenvalue weighted by atomic mass is 16.5. The predicted octanol–water partition coefficient (Wildman–Crippen LogP) is 2.09. The second kappa shape index (κ2) is 8.06. The molecule has 1 amide bonds. The second-order valence-corrected chi connectivity index (χ2v) is 6.78. The molecule has 2 heterocycles. The van der Waals surface area contributed by atoms with Crippen LogP contribution in [0.5, 0.6) is 11.5 Å². The van der Waals surface area contributed by atoms with E-state index in [1.807, 2.05) is 23.1 Å². The van der Waals surface area contributed by atoms with Crippen molar-refractivity contribution in [1.29, 1.82) is 0 Å². The number of hydrogen-bond acceptors (Lipinski definition) is 5. The average molecular weight is 348 g/mol.